The predicted molar refractivity (Wildman–Crippen MR) is 74.8 cm³/mol. The molecule has 1 aliphatic heterocycles. The van der Waals surface area contributed by atoms with Crippen LogP contribution in [0, 0.1) is 0 Å². The van der Waals surface area contributed by atoms with Gasteiger partial charge in [-0.15, -0.1) is 0 Å². The van der Waals surface area contributed by atoms with Crippen LogP contribution < -0.4 is 9.64 Å². The lowest BCUT2D eigenvalue weighted by Gasteiger charge is -2.18. The molecule has 0 radical (unpaired) electrons. The summed E-state index contributed by atoms with van der Waals surface area (Å²) >= 11 is 1.67. The first-order valence-electron chi connectivity index (χ1n) is 5.73. The Hall–Kier alpha value is -1.62. The Bertz CT molecular complexity index is 512. The van der Waals surface area contributed by atoms with E-state index in [1.54, 1.807) is 25.8 Å². The third-order valence-electron chi connectivity index (χ3n) is 2.74. The van der Waals surface area contributed by atoms with Gasteiger partial charge in [0.1, 0.15) is 5.75 Å². The van der Waals surface area contributed by atoms with Gasteiger partial charge in [-0.05, 0) is 32.1 Å². The molecule has 0 saturated heterocycles. The average Bonchev–Trinajstić information content (AvgIpc) is 2.74. The minimum atomic E-state index is 0.593. The standard InChI is InChI=1S/C13H16N2O2S/c1-4-15-11-8-10(17-3)5-6-12(11)18-13(15)7-9(2)14-16/h5-8,16H,4H2,1-3H3/b13-7-,14-9+. The lowest BCUT2D eigenvalue weighted by Crippen LogP contribution is -2.17. The third-order valence-corrected chi connectivity index (χ3v) is 3.86. The molecule has 0 unspecified atom stereocenters. The molecule has 0 atom stereocenters. The quantitative estimate of drug-likeness (QED) is 0.517. The van der Waals surface area contributed by atoms with Crippen molar-refractivity contribution in [1.29, 1.82) is 0 Å². The van der Waals surface area contributed by atoms with E-state index < -0.39 is 0 Å². The van der Waals surface area contributed by atoms with Crippen LogP contribution in [-0.2, 0) is 0 Å². The fourth-order valence-corrected chi connectivity index (χ4v) is 3.05. The van der Waals surface area contributed by atoms with Crippen molar-refractivity contribution in [1.82, 2.24) is 0 Å². The highest BCUT2D eigenvalue weighted by Gasteiger charge is 2.24. The smallest absolute Gasteiger partial charge is 0.121 e. The Labute approximate surface area is 111 Å². The first-order chi connectivity index (χ1) is 8.69. The number of oxime groups is 1. The van der Waals surface area contributed by atoms with Crippen LogP contribution >= 0.6 is 11.8 Å². The Balaban J connectivity index is 2.40. The molecule has 96 valence electrons. The Kier molecular flexibility index (Phi) is 3.81. The highest BCUT2D eigenvalue weighted by atomic mass is 32.2. The highest BCUT2D eigenvalue weighted by Crippen LogP contribution is 2.47. The third kappa shape index (κ3) is 2.31. The topological polar surface area (TPSA) is 45.1 Å². The van der Waals surface area contributed by atoms with Crippen LogP contribution in [0.4, 0.5) is 5.69 Å². The molecule has 5 heteroatoms. The van der Waals surface area contributed by atoms with E-state index in [9.17, 15) is 0 Å². The van der Waals surface area contributed by atoms with Gasteiger partial charge >= 0.3 is 0 Å². The fourth-order valence-electron chi connectivity index (χ4n) is 1.85. The van der Waals surface area contributed by atoms with Gasteiger partial charge in [-0.1, -0.05) is 16.9 Å². The number of allylic oxidation sites excluding steroid dienone is 1. The normalized spacial score (nSPS) is 17.2. The van der Waals surface area contributed by atoms with Crippen LogP contribution in [0.5, 0.6) is 5.75 Å². The number of ether oxygens (including phenoxy) is 1. The molecule has 0 spiro atoms. The number of nitrogens with zero attached hydrogens (tertiary/aromatic N) is 2. The molecular formula is C13H16N2O2S. The predicted octanol–water partition coefficient (Wildman–Crippen LogP) is 3.32. The minimum Gasteiger partial charge on any atom is -0.497 e. The summed E-state index contributed by atoms with van der Waals surface area (Å²) in [4.78, 5) is 3.37. The average molecular weight is 264 g/mol. The minimum absolute atomic E-state index is 0.593. The van der Waals surface area contributed by atoms with Gasteiger partial charge in [-0.3, -0.25) is 0 Å². The number of benzene rings is 1. The highest BCUT2D eigenvalue weighted by molar-refractivity contribution is 8.03. The van der Waals surface area contributed by atoms with Gasteiger partial charge in [-0.25, -0.2) is 0 Å². The first-order valence-corrected chi connectivity index (χ1v) is 6.55. The number of methoxy groups -OCH3 is 1. The summed E-state index contributed by atoms with van der Waals surface area (Å²) in [5, 5.41) is 13.0. The van der Waals surface area contributed by atoms with E-state index in [1.807, 2.05) is 24.3 Å². The molecule has 4 nitrogen and oxygen atoms in total. The van der Waals surface area contributed by atoms with Crippen molar-refractivity contribution in [2.45, 2.75) is 18.7 Å². The second-order valence-electron chi connectivity index (χ2n) is 3.90. The maximum absolute atomic E-state index is 8.75. The second-order valence-corrected chi connectivity index (χ2v) is 4.97. The SMILES string of the molecule is CCN1/C(=C/C(C)=N/O)Sc2ccc(OC)cc21. The zero-order valence-corrected chi connectivity index (χ0v) is 11.5. The van der Waals surface area contributed by atoms with Crippen molar-refractivity contribution in [2.75, 3.05) is 18.6 Å². The second kappa shape index (κ2) is 5.35. The van der Waals surface area contributed by atoms with E-state index in [-0.39, 0.29) is 0 Å². The molecule has 1 aliphatic rings. The number of hydrogen-bond acceptors (Lipinski definition) is 5. The molecular weight excluding hydrogens is 248 g/mol. The van der Waals surface area contributed by atoms with Gasteiger partial charge in [-0.2, -0.15) is 0 Å². The van der Waals surface area contributed by atoms with Crippen molar-refractivity contribution in [3.05, 3.63) is 29.3 Å². The summed E-state index contributed by atoms with van der Waals surface area (Å²) in [5.74, 6) is 0.849. The molecule has 2 rings (SSSR count). The lowest BCUT2D eigenvalue weighted by molar-refractivity contribution is 0.319. The molecule has 0 aromatic heterocycles. The molecule has 1 aromatic rings. The van der Waals surface area contributed by atoms with E-state index in [4.69, 9.17) is 9.94 Å². The lowest BCUT2D eigenvalue weighted by atomic mass is 10.2. The molecule has 18 heavy (non-hydrogen) atoms. The number of fused-ring (bicyclic) bond motifs is 1. The van der Waals surface area contributed by atoms with Gasteiger partial charge in [0.05, 0.1) is 23.5 Å². The van der Waals surface area contributed by atoms with Crippen LogP contribution in [0.1, 0.15) is 13.8 Å². The monoisotopic (exact) mass is 264 g/mol. The van der Waals surface area contributed by atoms with E-state index in [1.165, 1.54) is 4.90 Å². The zero-order valence-electron chi connectivity index (χ0n) is 10.7. The van der Waals surface area contributed by atoms with E-state index >= 15 is 0 Å². The summed E-state index contributed by atoms with van der Waals surface area (Å²) in [5.41, 5.74) is 1.73. The van der Waals surface area contributed by atoms with Crippen molar-refractivity contribution >= 4 is 23.2 Å². The number of anilines is 1. The summed E-state index contributed by atoms with van der Waals surface area (Å²) in [6, 6.07) is 6.03. The summed E-state index contributed by atoms with van der Waals surface area (Å²) in [7, 11) is 1.67. The van der Waals surface area contributed by atoms with E-state index in [2.05, 4.69) is 17.0 Å². The Morgan fingerprint density at radius 3 is 2.94 bits per heavy atom. The molecule has 0 saturated carbocycles. The largest absolute Gasteiger partial charge is 0.497 e. The molecule has 1 aromatic carbocycles. The van der Waals surface area contributed by atoms with Gasteiger partial charge < -0.3 is 14.8 Å². The molecule has 0 amide bonds. The zero-order chi connectivity index (χ0) is 13.1. The van der Waals surface area contributed by atoms with Crippen LogP contribution in [0.15, 0.2) is 39.4 Å². The van der Waals surface area contributed by atoms with Gasteiger partial charge in [0, 0.05) is 17.5 Å². The number of hydrogen-bond donors (Lipinski definition) is 1. The Morgan fingerprint density at radius 2 is 2.33 bits per heavy atom. The van der Waals surface area contributed by atoms with Crippen molar-refractivity contribution in [2.24, 2.45) is 5.16 Å². The van der Waals surface area contributed by atoms with Crippen LogP contribution in [0.2, 0.25) is 0 Å². The summed E-state index contributed by atoms with van der Waals surface area (Å²) in [6.07, 6.45) is 1.88. The van der Waals surface area contributed by atoms with Gasteiger partial charge in [0.2, 0.25) is 0 Å². The number of thioether (sulfide) groups is 1. The summed E-state index contributed by atoms with van der Waals surface area (Å²) < 4.78 is 5.25. The van der Waals surface area contributed by atoms with E-state index in [0.29, 0.717) is 5.71 Å². The summed E-state index contributed by atoms with van der Waals surface area (Å²) in [6.45, 7) is 4.72. The van der Waals surface area contributed by atoms with Crippen molar-refractivity contribution < 1.29 is 9.94 Å². The molecule has 0 bridgehead atoms. The van der Waals surface area contributed by atoms with Gasteiger partial charge in [0.25, 0.3) is 0 Å². The molecule has 0 aliphatic carbocycles. The van der Waals surface area contributed by atoms with Crippen molar-refractivity contribution in [3.63, 3.8) is 0 Å². The van der Waals surface area contributed by atoms with Crippen LogP contribution in [0.25, 0.3) is 0 Å². The van der Waals surface area contributed by atoms with Crippen LogP contribution in [0.3, 0.4) is 0 Å². The first kappa shape index (κ1) is 12.8. The maximum Gasteiger partial charge on any atom is 0.121 e. The maximum atomic E-state index is 8.75. The van der Waals surface area contributed by atoms with Crippen molar-refractivity contribution in [3.8, 4) is 5.75 Å². The molecule has 1 heterocycles. The molecule has 0 fully saturated rings. The Morgan fingerprint density at radius 1 is 1.56 bits per heavy atom. The van der Waals surface area contributed by atoms with Crippen LogP contribution in [-0.4, -0.2) is 24.6 Å². The van der Waals surface area contributed by atoms with Gasteiger partial charge in [0.15, 0.2) is 0 Å². The fraction of sp³-hybridized carbons (Fsp3) is 0.308. The number of rotatable bonds is 3. The molecule has 1 N–H and O–H groups in total. The van der Waals surface area contributed by atoms with E-state index in [0.717, 1.165) is 23.0 Å².